The fraction of sp³-hybridized carbons (Fsp3) is 0.294. The van der Waals surface area contributed by atoms with Gasteiger partial charge in [0.1, 0.15) is 0 Å². The molecule has 1 aromatic heterocycles. The van der Waals surface area contributed by atoms with Gasteiger partial charge in [-0.25, -0.2) is 0 Å². The Hall–Kier alpha value is -2.14. The van der Waals surface area contributed by atoms with Gasteiger partial charge in [-0.1, -0.05) is 25.8 Å². The molecule has 2 aromatic rings. The summed E-state index contributed by atoms with van der Waals surface area (Å²) in [5.41, 5.74) is 1.46. The summed E-state index contributed by atoms with van der Waals surface area (Å²) in [5.74, 6) is -0.0878. The Labute approximate surface area is 134 Å². The van der Waals surface area contributed by atoms with Crippen molar-refractivity contribution in [2.75, 3.05) is 10.6 Å². The summed E-state index contributed by atoms with van der Waals surface area (Å²) in [4.78, 5) is 24.3. The van der Waals surface area contributed by atoms with Crippen LogP contribution >= 0.6 is 11.3 Å². The van der Waals surface area contributed by atoms with Crippen LogP contribution in [0.5, 0.6) is 0 Å². The maximum Gasteiger partial charge on any atom is 0.265 e. The van der Waals surface area contributed by atoms with E-state index in [1.165, 1.54) is 11.3 Å². The van der Waals surface area contributed by atoms with Crippen LogP contribution in [0.1, 0.15) is 42.3 Å². The zero-order valence-electron chi connectivity index (χ0n) is 12.6. The molecule has 0 unspecified atom stereocenters. The van der Waals surface area contributed by atoms with Gasteiger partial charge in [-0.2, -0.15) is 0 Å². The van der Waals surface area contributed by atoms with Crippen molar-refractivity contribution in [1.29, 1.82) is 0 Å². The highest BCUT2D eigenvalue weighted by Gasteiger charge is 2.07. The van der Waals surface area contributed by atoms with Crippen molar-refractivity contribution >= 4 is 34.5 Å². The summed E-state index contributed by atoms with van der Waals surface area (Å²) >= 11 is 1.40. The van der Waals surface area contributed by atoms with Crippen LogP contribution in [-0.2, 0) is 4.79 Å². The molecule has 0 saturated carbocycles. The number of rotatable bonds is 7. The van der Waals surface area contributed by atoms with Gasteiger partial charge in [0.2, 0.25) is 5.91 Å². The molecule has 0 spiro atoms. The number of amides is 2. The van der Waals surface area contributed by atoms with E-state index in [0.717, 1.165) is 24.9 Å². The molecule has 0 atom stereocenters. The highest BCUT2D eigenvalue weighted by atomic mass is 32.1. The maximum absolute atomic E-state index is 11.9. The third kappa shape index (κ3) is 5.00. The number of nitrogens with one attached hydrogen (secondary N) is 2. The van der Waals surface area contributed by atoms with Crippen LogP contribution < -0.4 is 10.6 Å². The normalized spacial score (nSPS) is 10.2. The number of hydrogen-bond acceptors (Lipinski definition) is 3. The summed E-state index contributed by atoms with van der Waals surface area (Å²) in [6.07, 6.45) is 3.63. The van der Waals surface area contributed by atoms with Gasteiger partial charge in [0.15, 0.2) is 0 Å². The second kappa shape index (κ2) is 8.34. The SMILES string of the molecule is CCCCCC(=O)Nc1ccc(NC(=O)c2cccs2)cc1. The van der Waals surface area contributed by atoms with Crippen LogP contribution in [0.4, 0.5) is 11.4 Å². The number of hydrogen-bond donors (Lipinski definition) is 2. The van der Waals surface area contributed by atoms with Gasteiger partial charge >= 0.3 is 0 Å². The van der Waals surface area contributed by atoms with Crippen LogP contribution in [-0.4, -0.2) is 11.8 Å². The summed E-state index contributed by atoms with van der Waals surface area (Å²) in [7, 11) is 0. The highest BCUT2D eigenvalue weighted by molar-refractivity contribution is 7.12. The predicted octanol–water partition coefficient (Wildman–Crippen LogP) is 4.52. The number of anilines is 2. The van der Waals surface area contributed by atoms with Crippen LogP contribution in [0.2, 0.25) is 0 Å². The maximum atomic E-state index is 11.9. The molecule has 0 bridgehead atoms. The van der Waals surface area contributed by atoms with E-state index in [1.807, 2.05) is 11.4 Å². The minimum Gasteiger partial charge on any atom is -0.326 e. The average molecular weight is 316 g/mol. The molecule has 0 aliphatic heterocycles. The monoisotopic (exact) mass is 316 g/mol. The Morgan fingerprint density at radius 1 is 1.00 bits per heavy atom. The van der Waals surface area contributed by atoms with Crippen molar-refractivity contribution in [1.82, 2.24) is 0 Å². The average Bonchev–Trinajstić information content (AvgIpc) is 3.04. The van der Waals surface area contributed by atoms with Crippen molar-refractivity contribution in [3.63, 3.8) is 0 Å². The molecule has 0 saturated heterocycles. The number of carbonyl (C=O) groups excluding carboxylic acids is 2. The van der Waals surface area contributed by atoms with Gasteiger partial charge in [-0.15, -0.1) is 11.3 Å². The Balaban J connectivity index is 1.85. The number of carbonyl (C=O) groups is 2. The Bertz CT molecular complexity index is 606. The fourth-order valence-corrected chi connectivity index (χ4v) is 2.62. The van der Waals surface area contributed by atoms with Crippen LogP contribution in [0.15, 0.2) is 41.8 Å². The van der Waals surface area contributed by atoms with Gasteiger partial charge in [0.25, 0.3) is 5.91 Å². The van der Waals surface area contributed by atoms with E-state index in [4.69, 9.17) is 0 Å². The zero-order valence-corrected chi connectivity index (χ0v) is 13.4. The van der Waals surface area contributed by atoms with Gasteiger partial charge in [0, 0.05) is 17.8 Å². The first-order valence-corrected chi connectivity index (χ1v) is 8.32. The summed E-state index contributed by atoms with van der Waals surface area (Å²) < 4.78 is 0. The molecule has 0 aliphatic rings. The lowest BCUT2D eigenvalue weighted by Gasteiger charge is -2.07. The van der Waals surface area contributed by atoms with E-state index in [0.29, 0.717) is 17.0 Å². The number of thiophene rings is 1. The van der Waals surface area contributed by atoms with E-state index in [1.54, 1.807) is 30.3 Å². The Morgan fingerprint density at radius 2 is 1.68 bits per heavy atom. The standard InChI is InChI=1S/C17H20N2O2S/c1-2-3-4-7-16(20)18-13-8-10-14(11-9-13)19-17(21)15-6-5-12-22-15/h5-6,8-12H,2-4,7H2,1H3,(H,18,20)(H,19,21). The molecule has 116 valence electrons. The van der Waals surface area contributed by atoms with Gasteiger partial charge in [-0.3, -0.25) is 9.59 Å². The fourth-order valence-electron chi connectivity index (χ4n) is 2.00. The Morgan fingerprint density at radius 3 is 2.27 bits per heavy atom. The highest BCUT2D eigenvalue weighted by Crippen LogP contribution is 2.16. The minimum atomic E-state index is -0.119. The first-order valence-electron chi connectivity index (χ1n) is 7.44. The third-order valence-corrected chi connectivity index (χ3v) is 4.05. The molecule has 0 aliphatic carbocycles. The molecule has 0 radical (unpaired) electrons. The largest absolute Gasteiger partial charge is 0.326 e. The van der Waals surface area contributed by atoms with E-state index in [-0.39, 0.29) is 11.8 Å². The van der Waals surface area contributed by atoms with Gasteiger partial charge in [0.05, 0.1) is 4.88 Å². The molecule has 2 amide bonds. The quantitative estimate of drug-likeness (QED) is 0.738. The third-order valence-electron chi connectivity index (χ3n) is 3.18. The predicted molar refractivity (Wildman–Crippen MR) is 91.5 cm³/mol. The lowest BCUT2D eigenvalue weighted by molar-refractivity contribution is -0.116. The second-order valence-electron chi connectivity index (χ2n) is 5.01. The molecule has 2 N–H and O–H groups in total. The first kappa shape index (κ1) is 16.2. The van der Waals surface area contributed by atoms with Crippen molar-refractivity contribution < 1.29 is 9.59 Å². The van der Waals surface area contributed by atoms with E-state index in [2.05, 4.69) is 17.6 Å². The second-order valence-corrected chi connectivity index (χ2v) is 5.96. The minimum absolute atomic E-state index is 0.0313. The smallest absolute Gasteiger partial charge is 0.265 e. The van der Waals surface area contributed by atoms with E-state index >= 15 is 0 Å². The van der Waals surface area contributed by atoms with Crippen molar-refractivity contribution in [2.24, 2.45) is 0 Å². The molecule has 4 nitrogen and oxygen atoms in total. The molecular formula is C17H20N2O2S. The molecule has 0 fully saturated rings. The van der Waals surface area contributed by atoms with Gasteiger partial charge < -0.3 is 10.6 Å². The molecule has 22 heavy (non-hydrogen) atoms. The molecule has 1 aromatic carbocycles. The lowest BCUT2D eigenvalue weighted by Crippen LogP contribution is -2.12. The van der Waals surface area contributed by atoms with Crippen LogP contribution in [0.25, 0.3) is 0 Å². The van der Waals surface area contributed by atoms with Crippen molar-refractivity contribution in [2.45, 2.75) is 32.6 Å². The topological polar surface area (TPSA) is 58.2 Å². The molecule has 2 rings (SSSR count). The Kier molecular flexibility index (Phi) is 6.15. The molecular weight excluding hydrogens is 296 g/mol. The van der Waals surface area contributed by atoms with Crippen LogP contribution in [0.3, 0.4) is 0 Å². The lowest BCUT2D eigenvalue weighted by atomic mass is 10.2. The van der Waals surface area contributed by atoms with E-state index < -0.39 is 0 Å². The number of unbranched alkanes of at least 4 members (excludes halogenated alkanes) is 2. The number of benzene rings is 1. The molecule has 1 heterocycles. The van der Waals surface area contributed by atoms with Crippen LogP contribution in [0, 0.1) is 0 Å². The summed E-state index contributed by atoms with van der Waals surface area (Å²) in [6.45, 7) is 2.11. The van der Waals surface area contributed by atoms with Crippen molar-refractivity contribution in [3.8, 4) is 0 Å². The first-order chi connectivity index (χ1) is 10.7. The summed E-state index contributed by atoms with van der Waals surface area (Å²) in [6, 6.07) is 10.8. The van der Waals surface area contributed by atoms with Gasteiger partial charge in [-0.05, 0) is 42.1 Å². The zero-order chi connectivity index (χ0) is 15.8. The van der Waals surface area contributed by atoms with E-state index in [9.17, 15) is 9.59 Å². The summed E-state index contributed by atoms with van der Waals surface area (Å²) in [5, 5.41) is 7.55. The molecule has 5 heteroatoms. The van der Waals surface area contributed by atoms with Crippen molar-refractivity contribution in [3.05, 3.63) is 46.7 Å².